The van der Waals surface area contributed by atoms with Crippen molar-refractivity contribution in [1.29, 1.82) is 0 Å². The summed E-state index contributed by atoms with van der Waals surface area (Å²) in [5.41, 5.74) is 4.97. The SMILES string of the molecule is Nc1nccnc1C(=O)NCc1cccc(C(F)(F)F)c1. The van der Waals surface area contributed by atoms with Crippen LogP contribution < -0.4 is 11.1 Å². The fourth-order valence-electron chi connectivity index (χ4n) is 1.65. The topological polar surface area (TPSA) is 80.9 Å². The molecule has 2 rings (SSSR count). The van der Waals surface area contributed by atoms with Crippen molar-refractivity contribution in [3.8, 4) is 0 Å². The van der Waals surface area contributed by atoms with Crippen LogP contribution in [0.25, 0.3) is 0 Å². The lowest BCUT2D eigenvalue weighted by Gasteiger charge is -2.09. The Morgan fingerprint density at radius 2 is 1.95 bits per heavy atom. The van der Waals surface area contributed by atoms with E-state index in [1.54, 1.807) is 0 Å². The van der Waals surface area contributed by atoms with Crippen LogP contribution in [0.1, 0.15) is 21.6 Å². The van der Waals surface area contributed by atoms with E-state index in [1.807, 2.05) is 0 Å². The number of hydrogen-bond acceptors (Lipinski definition) is 4. The van der Waals surface area contributed by atoms with Crippen LogP contribution in [-0.2, 0) is 12.7 Å². The number of rotatable bonds is 3. The van der Waals surface area contributed by atoms with Gasteiger partial charge in [0.25, 0.3) is 5.91 Å². The summed E-state index contributed by atoms with van der Waals surface area (Å²) >= 11 is 0. The van der Waals surface area contributed by atoms with E-state index in [1.165, 1.54) is 24.5 Å². The second-order valence-electron chi connectivity index (χ2n) is 4.17. The molecule has 8 heteroatoms. The second kappa shape index (κ2) is 5.78. The number of nitrogens with zero attached hydrogens (tertiary/aromatic N) is 2. The molecular weight excluding hydrogens is 285 g/mol. The molecule has 0 radical (unpaired) electrons. The van der Waals surface area contributed by atoms with Gasteiger partial charge in [0, 0.05) is 18.9 Å². The third kappa shape index (κ3) is 3.68. The van der Waals surface area contributed by atoms with Gasteiger partial charge in [-0.25, -0.2) is 9.97 Å². The number of nitrogens with one attached hydrogen (secondary N) is 1. The van der Waals surface area contributed by atoms with Crippen LogP contribution in [0.4, 0.5) is 19.0 Å². The lowest BCUT2D eigenvalue weighted by molar-refractivity contribution is -0.137. The van der Waals surface area contributed by atoms with Gasteiger partial charge >= 0.3 is 6.18 Å². The molecule has 1 heterocycles. The number of benzene rings is 1. The third-order valence-corrected chi connectivity index (χ3v) is 2.65. The molecule has 1 aromatic carbocycles. The van der Waals surface area contributed by atoms with Gasteiger partial charge in [-0.1, -0.05) is 12.1 Å². The summed E-state index contributed by atoms with van der Waals surface area (Å²) in [6, 6.07) is 4.70. The van der Waals surface area contributed by atoms with Crippen molar-refractivity contribution in [3.63, 3.8) is 0 Å². The highest BCUT2D eigenvalue weighted by atomic mass is 19.4. The molecule has 1 aromatic heterocycles. The van der Waals surface area contributed by atoms with E-state index >= 15 is 0 Å². The largest absolute Gasteiger partial charge is 0.416 e. The summed E-state index contributed by atoms with van der Waals surface area (Å²) in [5.74, 6) is -0.642. The number of nitrogen functional groups attached to an aromatic ring is 1. The minimum absolute atomic E-state index is 0.0426. The minimum atomic E-state index is -4.42. The van der Waals surface area contributed by atoms with E-state index in [0.29, 0.717) is 5.56 Å². The maximum atomic E-state index is 12.6. The van der Waals surface area contributed by atoms with Gasteiger partial charge in [0.15, 0.2) is 11.5 Å². The van der Waals surface area contributed by atoms with Gasteiger partial charge in [0.05, 0.1) is 5.56 Å². The first kappa shape index (κ1) is 14.8. The Morgan fingerprint density at radius 3 is 2.62 bits per heavy atom. The molecule has 0 bridgehead atoms. The summed E-state index contributed by atoms with van der Waals surface area (Å²) in [6.45, 7) is -0.0707. The van der Waals surface area contributed by atoms with Gasteiger partial charge in [-0.05, 0) is 17.7 Å². The third-order valence-electron chi connectivity index (χ3n) is 2.65. The molecule has 5 nitrogen and oxygen atoms in total. The number of aromatic nitrogens is 2. The van der Waals surface area contributed by atoms with Crippen molar-refractivity contribution in [2.45, 2.75) is 12.7 Å². The molecule has 1 amide bonds. The monoisotopic (exact) mass is 296 g/mol. The zero-order valence-corrected chi connectivity index (χ0v) is 10.7. The Labute approximate surface area is 118 Å². The first-order valence-corrected chi connectivity index (χ1v) is 5.89. The van der Waals surface area contributed by atoms with Crippen LogP contribution in [-0.4, -0.2) is 15.9 Å². The van der Waals surface area contributed by atoms with E-state index in [0.717, 1.165) is 12.1 Å². The number of anilines is 1. The standard InChI is InChI=1S/C13H11F3N4O/c14-13(15,16)9-3-1-2-8(6-9)7-20-12(21)10-11(17)19-5-4-18-10/h1-6H,7H2,(H2,17,19)(H,20,21). The molecular formula is C13H11F3N4O. The van der Waals surface area contributed by atoms with Gasteiger partial charge < -0.3 is 11.1 Å². The number of halogens is 3. The summed E-state index contributed by atoms with van der Waals surface area (Å²) < 4.78 is 37.7. The van der Waals surface area contributed by atoms with Crippen molar-refractivity contribution < 1.29 is 18.0 Å². The van der Waals surface area contributed by atoms with Gasteiger partial charge in [-0.15, -0.1) is 0 Å². The molecule has 3 N–H and O–H groups in total. The Balaban J connectivity index is 2.07. The van der Waals surface area contributed by atoms with E-state index < -0.39 is 17.6 Å². The number of alkyl halides is 3. The van der Waals surface area contributed by atoms with Crippen molar-refractivity contribution >= 4 is 11.7 Å². The second-order valence-corrected chi connectivity index (χ2v) is 4.17. The maximum absolute atomic E-state index is 12.6. The van der Waals surface area contributed by atoms with E-state index in [2.05, 4.69) is 15.3 Å². The van der Waals surface area contributed by atoms with Crippen molar-refractivity contribution in [2.75, 3.05) is 5.73 Å². The van der Waals surface area contributed by atoms with E-state index in [-0.39, 0.29) is 18.1 Å². The Hall–Kier alpha value is -2.64. The van der Waals surface area contributed by atoms with Crippen molar-refractivity contribution in [1.82, 2.24) is 15.3 Å². The van der Waals surface area contributed by atoms with Crippen molar-refractivity contribution in [3.05, 3.63) is 53.5 Å². The number of hydrogen-bond donors (Lipinski definition) is 2. The van der Waals surface area contributed by atoms with Gasteiger partial charge in [0.2, 0.25) is 0 Å². The molecule has 110 valence electrons. The minimum Gasteiger partial charge on any atom is -0.382 e. The molecule has 2 aromatic rings. The zero-order chi connectivity index (χ0) is 15.5. The lowest BCUT2D eigenvalue weighted by Crippen LogP contribution is -2.25. The first-order chi connectivity index (χ1) is 9.88. The summed E-state index contributed by atoms with van der Waals surface area (Å²) in [7, 11) is 0. The van der Waals surface area contributed by atoms with Crippen LogP contribution in [0, 0.1) is 0 Å². The molecule has 0 saturated heterocycles. The molecule has 0 spiro atoms. The number of carbonyl (C=O) groups is 1. The fourth-order valence-corrected chi connectivity index (χ4v) is 1.65. The van der Waals surface area contributed by atoms with Crippen LogP contribution in [0.2, 0.25) is 0 Å². The maximum Gasteiger partial charge on any atom is 0.416 e. The van der Waals surface area contributed by atoms with Crippen LogP contribution in [0.3, 0.4) is 0 Å². The van der Waals surface area contributed by atoms with Gasteiger partial charge in [-0.2, -0.15) is 13.2 Å². The van der Waals surface area contributed by atoms with E-state index in [9.17, 15) is 18.0 Å². The number of carbonyl (C=O) groups excluding carboxylic acids is 1. The van der Waals surface area contributed by atoms with E-state index in [4.69, 9.17) is 5.73 Å². The lowest BCUT2D eigenvalue weighted by atomic mass is 10.1. The molecule has 0 aliphatic rings. The Bertz CT molecular complexity index is 658. The highest BCUT2D eigenvalue weighted by molar-refractivity contribution is 5.96. The zero-order valence-electron chi connectivity index (χ0n) is 10.7. The molecule has 0 fully saturated rings. The average molecular weight is 296 g/mol. The predicted molar refractivity (Wildman–Crippen MR) is 69.1 cm³/mol. The molecule has 0 atom stereocenters. The Kier molecular flexibility index (Phi) is 4.06. The van der Waals surface area contributed by atoms with Gasteiger partial charge in [-0.3, -0.25) is 4.79 Å². The highest BCUT2D eigenvalue weighted by Gasteiger charge is 2.30. The summed E-state index contributed by atoms with van der Waals surface area (Å²) in [6.07, 6.45) is -1.79. The molecule has 0 aliphatic heterocycles. The smallest absolute Gasteiger partial charge is 0.382 e. The Morgan fingerprint density at radius 1 is 1.24 bits per heavy atom. The van der Waals surface area contributed by atoms with Gasteiger partial charge in [0.1, 0.15) is 0 Å². The quantitative estimate of drug-likeness (QED) is 0.908. The van der Waals surface area contributed by atoms with Crippen molar-refractivity contribution in [2.24, 2.45) is 0 Å². The van der Waals surface area contributed by atoms with Crippen LogP contribution in [0.15, 0.2) is 36.7 Å². The van der Waals surface area contributed by atoms with Crippen LogP contribution in [0.5, 0.6) is 0 Å². The van der Waals surface area contributed by atoms with Crippen LogP contribution >= 0.6 is 0 Å². The fraction of sp³-hybridized carbons (Fsp3) is 0.154. The predicted octanol–water partition coefficient (Wildman–Crippen LogP) is 2.01. The molecule has 0 saturated carbocycles. The average Bonchev–Trinajstić information content (AvgIpc) is 2.45. The molecule has 0 unspecified atom stereocenters. The normalized spacial score (nSPS) is 11.2. The highest BCUT2D eigenvalue weighted by Crippen LogP contribution is 2.29. The first-order valence-electron chi connectivity index (χ1n) is 5.89. The number of nitrogens with two attached hydrogens (primary N) is 1. The molecule has 0 aliphatic carbocycles. The number of amides is 1. The summed E-state index contributed by atoms with van der Waals surface area (Å²) in [4.78, 5) is 19.3. The molecule has 21 heavy (non-hydrogen) atoms. The summed E-state index contributed by atoms with van der Waals surface area (Å²) in [5, 5.41) is 2.45.